The highest BCUT2D eigenvalue weighted by atomic mass is 31.2. The topological polar surface area (TPSA) is 833 Å². The van der Waals surface area contributed by atoms with E-state index < -0.39 is 200 Å². The Labute approximate surface area is 736 Å². The summed E-state index contributed by atoms with van der Waals surface area (Å²) in [6.07, 6.45) is -11.9. The van der Waals surface area contributed by atoms with Crippen LogP contribution in [0, 0.1) is 20.2 Å². The summed E-state index contributed by atoms with van der Waals surface area (Å²) in [6, 6.07) is 12.1. The van der Waals surface area contributed by atoms with Gasteiger partial charge in [0, 0.05) is 73.5 Å². The van der Waals surface area contributed by atoms with Gasteiger partial charge in [0.15, 0.2) is 70.5 Å². The summed E-state index contributed by atoms with van der Waals surface area (Å²) in [4.78, 5) is 199. The number of carbonyl (C=O) groups excluding carboxylic acids is 4. The number of rotatable bonds is 38. The van der Waals surface area contributed by atoms with Gasteiger partial charge in [-0.2, -0.15) is 9.97 Å². The van der Waals surface area contributed by atoms with Crippen molar-refractivity contribution in [1.29, 1.82) is 0 Å². The fraction of sp³-hybridized carbons (Fsp3) is 0.371. The zero-order chi connectivity index (χ0) is 95.0. The number of non-ortho nitro benzene ring substituents is 2. The monoisotopic (exact) mass is 1930 g/mol. The first kappa shape index (κ1) is 96.8. The smallest absolute Gasteiger partial charge is 0.452 e. The van der Waals surface area contributed by atoms with Crippen molar-refractivity contribution >= 4 is 112 Å². The molecule has 8 aromatic heterocycles. The second kappa shape index (κ2) is 41.0. The van der Waals surface area contributed by atoms with E-state index >= 15 is 0 Å². The number of aliphatic hydroxyl groups excluding tert-OH is 2. The molecule has 0 saturated carbocycles. The minimum absolute atomic E-state index is 0.0369. The number of esters is 2. The Morgan fingerprint density at radius 2 is 0.886 bits per heavy atom. The first-order valence-corrected chi connectivity index (χ1v) is 44.6. The van der Waals surface area contributed by atoms with Crippen LogP contribution in [-0.2, 0) is 96.5 Å². The van der Waals surface area contributed by atoms with Crippen molar-refractivity contribution in [3.63, 3.8) is 0 Å². The van der Waals surface area contributed by atoms with Gasteiger partial charge in [-0.25, -0.2) is 77.3 Å². The van der Waals surface area contributed by atoms with E-state index in [1.54, 1.807) is 0 Å². The molecular formula is C70H78N22O36P4. The number of benzene rings is 2. The number of allylic oxidation sites excluding steroid dienone is 2. The van der Waals surface area contributed by atoms with Gasteiger partial charge in [0.05, 0.1) is 62.0 Å². The Bertz CT molecular complexity index is 5940. The lowest BCUT2D eigenvalue weighted by atomic mass is 10.1. The zero-order valence-corrected chi connectivity index (χ0v) is 71.2. The van der Waals surface area contributed by atoms with Crippen molar-refractivity contribution < 1.29 is 151 Å². The largest absolute Gasteiger partial charge is 0.472 e. The number of hydrogen-bond acceptors (Lipinski definition) is 44. The van der Waals surface area contributed by atoms with E-state index in [-0.39, 0.29) is 130 Å². The van der Waals surface area contributed by atoms with Crippen LogP contribution < -0.4 is 44.9 Å². The van der Waals surface area contributed by atoms with E-state index in [1.165, 1.54) is 82.7 Å². The molecule has 0 radical (unpaired) electrons. The molecule has 58 nitrogen and oxygen atoms in total. The Morgan fingerprint density at radius 1 is 0.515 bits per heavy atom. The summed E-state index contributed by atoms with van der Waals surface area (Å²) in [6.45, 7) is 2.80. The van der Waals surface area contributed by atoms with Crippen molar-refractivity contribution in [1.82, 2.24) is 78.7 Å². The maximum Gasteiger partial charge on any atom is 0.472 e. The molecule has 4 fully saturated rings. The molecule has 12 heterocycles. The van der Waals surface area contributed by atoms with E-state index in [2.05, 4.69) is 82.7 Å². The number of nitrogen functional groups attached to an aromatic ring is 4. The number of fused-ring (bicyclic) bond motifs is 2. The molecule has 6 unspecified atom stereocenters. The van der Waals surface area contributed by atoms with Gasteiger partial charge in [-0.3, -0.25) is 75.2 Å². The lowest BCUT2D eigenvalue weighted by Crippen LogP contribution is -2.38. The van der Waals surface area contributed by atoms with Crippen molar-refractivity contribution in [2.45, 2.75) is 138 Å². The number of aliphatic hydroxyl groups is 2. The van der Waals surface area contributed by atoms with Gasteiger partial charge >= 0.3 is 54.6 Å². The highest BCUT2D eigenvalue weighted by Gasteiger charge is 2.53. The fourth-order valence-electron chi connectivity index (χ4n) is 13.6. The molecule has 4 saturated heterocycles. The quantitative estimate of drug-likeness (QED) is 0.00858. The molecule has 132 heavy (non-hydrogen) atoms. The van der Waals surface area contributed by atoms with Crippen LogP contribution in [0.3, 0.4) is 0 Å². The van der Waals surface area contributed by atoms with Gasteiger partial charge in [-0.1, -0.05) is 12.2 Å². The molecule has 18 N–H and O–H groups in total. The number of phosphoric acid groups is 4. The maximum absolute atomic E-state index is 14.1. The van der Waals surface area contributed by atoms with Crippen molar-refractivity contribution in [2.75, 3.05) is 49.4 Å². The minimum atomic E-state index is -5.30. The number of anilines is 4. The maximum atomic E-state index is 14.1. The van der Waals surface area contributed by atoms with Gasteiger partial charge in [0.25, 0.3) is 11.4 Å². The van der Waals surface area contributed by atoms with E-state index in [4.69, 9.17) is 78.3 Å². The van der Waals surface area contributed by atoms with E-state index in [9.17, 15) is 107 Å². The number of oxazole rings is 2. The molecule has 10 aromatic rings. The SMILES string of the molecule is C=CCCC(=O)NCc1nc(C(=O)OC2[C@@H](COP(=O)(O)OC3C[C@H](n4ccc(N)nc4=O)O[C@@H]3COP(=O)(O)O)O[C@@H](n3cnc4c(N)ncnc43)[C@H]2O)c(-c2ccc([N+](=O)[O-])cc2)o1.C=CCCC(=O)NCc1nc(C(=O)OC2[C@@H](COP(=O)(O)OC3C[C@H](n4ccc(N)nc4=O)O[C@@H]3COP(=O)(O)O)O[C@@H](n3cnc4c(N)ncnc43)[C@H]2O)c(-c2ccc([N+](=O)[O-])cc2)o1. The van der Waals surface area contributed by atoms with Gasteiger partial charge in [-0.05, 0) is 49.2 Å². The Balaban J connectivity index is 0.000000224. The van der Waals surface area contributed by atoms with Crippen LogP contribution in [-0.4, -0.2) is 229 Å². The van der Waals surface area contributed by atoms with Crippen LogP contribution in [0.15, 0.2) is 142 Å². The highest BCUT2D eigenvalue weighted by Crippen LogP contribution is 2.53. The Hall–Kier alpha value is -12.7. The molecule has 2 amide bonds. The standard InChI is InChI=1S/2C35H39N11O18P2/c2*1-2-3-4-23(47)38-12-24-43-26(29(62-24)17-5-7-18(8-6-17)46(51)52)34(49)63-30-21(61-33(28(30)48)45-16-41-27-31(37)39-15-40-32(27)45)14-59-66(56,57)64-19-11-25(44-10-9-22(36)42-35(44)50)60-20(19)13-58-65(53,54)55/h2*2,5-10,15-16,19-21,25,28,30,33,48H,1,3-4,11-14H2,(H,38,47)(H,56,57)(H2,36,42,50)(H2,37,39,40)(H2,53,54,55)/t2*19?,20-,21-,25-,28+,30?,33-/m11/s1. The minimum Gasteiger partial charge on any atom is -0.452 e. The third-order valence-electron chi connectivity index (χ3n) is 19.7. The molecule has 4 aliphatic heterocycles. The number of nitrogens with one attached hydrogen (secondary N) is 2. The van der Waals surface area contributed by atoms with Crippen LogP contribution >= 0.6 is 31.3 Å². The van der Waals surface area contributed by atoms with Gasteiger partial charge in [0.2, 0.25) is 23.6 Å². The molecule has 14 rings (SSSR count). The Kier molecular flexibility index (Phi) is 30.1. The number of imidazole rings is 2. The number of ether oxygens (including phenoxy) is 6. The van der Waals surface area contributed by atoms with Crippen molar-refractivity contribution in [3.8, 4) is 22.6 Å². The highest BCUT2D eigenvalue weighted by molar-refractivity contribution is 7.47. The van der Waals surface area contributed by atoms with Crippen LogP contribution in [0.1, 0.15) is 96.2 Å². The second-order valence-corrected chi connectivity index (χ2v) is 33.9. The fourth-order valence-corrected chi connectivity index (χ4v) is 16.2. The number of nitrogens with two attached hydrogens (primary N) is 4. The van der Waals surface area contributed by atoms with E-state index in [1.807, 2.05) is 0 Å². The summed E-state index contributed by atoms with van der Waals surface area (Å²) in [7, 11) is -20.8. The molecule has 0 spiro atoms. The number of nitro benzene ring substituents is 2. The van der Waals surface area contributed by atoms with E-state index in [0.29, 0.717) is 12.8 Å². The third kappa shape index (κ3) is 23.6. The summed E-state index contributed by atoms with van der Waals surface area (Å²) in [5.41, 5.74) is 20.2. The summed E-state index contributed by atoms with van der Waals surface area (Å²) in [5, 5.41) is 51.4. The third-order valence-corrected chi connectivity index (χ3v) is 22.7. The average Bonchev–Trinajstić information content (AvgIpc) is 1.61. The van der Waals surface area contributed by atoms with Crippen LogP contribution in [0.2, 0.25) is 0 Å². The lowest BCUT2D eigenvalue weighted by molar-refractivity contribution is -0.385. The number of phosphoric ester groups is 4. The number of aromatic nitrogens is 14. The molecule has 62 heteroatoms. The number of nitro groups is 2. The molecule has 4 aliphatic rings. The molecule has 704 valence electrons. The van der Waals surface area contributed by atoms with Crippen LogP contribution in [0.25, 0.3) is 45.0 Å². The molecular weight excluding hydrogens is 1850 g/mol. The van der Waals surface area contributed by atoms with Gasteiger partial charge in [0.1, 0.15) is 96.6 Å². The zero-order valence-electron chi connectivity index (χ0n) is 67.6. The second-order valence-electron chi connectivity index (χ2n) is 28.6. The molecule has 0 bridgehead atoms. The van der Waals surface area contributed by atoms with E-state index in [0.717, 1.165) is 46.1 Å². The molecule has 16 atom stereocenters. The average molecular weight is 1930 g/mol. The lowest BCUT2D eigenvalue weighted by Gasteiger charge is -2.23. The summed E-state index contributed by atoms with van der Waals surface area (Å²) in [5.74, 6) is -4.57. The van der Waals surface area contributed by atoms with Crippen molar-refractivity contribution in [2.24, 2.45) is 0 Å². The number of nitrogens with zero attached hydrogens (tertiary/aromatic N) is 16. The first-order chi connectivity index (χ1) is 62.6. The summed E-state index contributed by atoms with van der Waals surface area (Å²) >= 11 is 0. The predicted octanol–water partition coefficient (Wildman–Crippen LogP) is 1.55. The summed E-state index contributed by atoms with van der Waals surface area (Å²) < 4.78 is 132. The van der Waals surface area contributed by atoms with Crippen LogP contribution in [0.5, 0.6) is 0 Å². The van der Waals surface area contributed by atoms with Crippen molar-refractivity contribution in [3.05, 3.63) is 188 Å². The molecule has 2 aromatic carbocycles. The number of carbonyl (C=O) groups is 4. The number of hydrogen-bond donors (Lipinski definition) is 14. The number of amides is 2. The van der Waals surface area contributed by atoms with Gasteiger partial charge < -0.3 is 110 Å². The van der Waals surface area contributed by atoms with Crippen LogP contribution in [0.4, 0.5) is 34.6 Å². The predicted molar refractivity (Wildman–Crippen MR) is 438 cm³/mol. The van der Waals surface area contributed by atoms with Gasteiger partial charge in [-0.15, -0.1) is 13.2 Å². The Morgan fingerprint density at radius 3 is 1.23 bits per heavy atom. The normalized spacial score (nSPS) is 22.8. The molecule has 0 aliphatic carbocycles. The first-order valence-electron chi connectivity index (χ1n) is 38.5.